The number of carbonyl (C=O) groups excluding carboxylic acids is 1. The maximum atomic E-state index is 13.5. The average molecular weight is 536 g/mol. The van der Waals surface area contributed by atoms with Gasteiger partial charge in [-0.3, -0.25) is 19.1 Å². The Morgan fingerprint density at radius 1 is 1.11 bits per heavy atom. The number of piperazine rings is 1. The van der Waals surface area contributed by atoms with Crippen LogP contribution < -0.4 is 15.4 Å². The van der Waals surface area contributed by atoms with Gasteiger partial charge in [0.2, 0.25) is 0 Å². The molecule has 0 unspecified atom stereocenters. The Hall–Kier alpha value is -3.09. The van der Waals surface area contributed by atoms with Crippen molar-refractivity contribution in [3.8, 4) is 6.07 Å². The van der Waals surface area contributed by atoms with Crippen LogP contribution in [0.25, 0.3) is 6.08 Å². The first-order valence-electron chi connectivity index (χ1n) is 12.8. The Balaban J connectivity index is 1.82. The lowest BCUT2D eigenvalue weighted by Gasteiger charge is -2.39. The van der Waals surface area contributed by atoms with E-state index in [0.29, 0.717) is 21.3 Å². The van der Waals surface area contributed by atoms with Gasteiger partial charge in [0.05, 0.1) is 4.91 Å². The van der Waals surface area contributed by atoms with Crippen molar-refractivity contribution in [2.75, 3.05) is 36.0 Å². The average Bonchev–Trinajstić information content (AvgIpc) is 3.18. The standard InChI is InChI=1S/C28H33N5O2S2/c1-5-6-12-32-25(31-15-13-30(14-16-31)21-10-8-7-9-11-21)22(20(4)23(18-29)26(32)34)17-24-27(35)33(19(2)3)28(36)37-24/h7-11,17,19H,5-6,12-16H2,1-4H3/b24-17+. The summed E-state index contributed by atoms with van der Waals surface area (Å²) in [6, 6.07) is 12.4. The highest BCUT2D eigenvalue weighted by Gasteiger charge is 2.35. The van der Waals surface area contributed by atoms with E-state index in [4.69, 9.17) is 12.2 Å². The highest BCUT2D eigenvalue weighted by atomic mass is 32.2. The maximum Gasteiger partial charge on any atom is 0.270 e. The fourth-order valence-corrected chi connectivity index (χ4v) is 6.39. The molecule has 0 radical (unpaired) electrons. The molecule has 2 aromatic rings. The van der Waals surface area contributed by atoms with Crippen molar-refractivity contribution in [1.82, 2.24) is 9.47 Å². The highest BCUT2D eigenvalue weighted by Crippen LogP contribution is 2.37. The van der Waals surface area contributed by atoms with Crippen LogP contribution in [0.15, 0.2) is 40.0 Å². The SMILES string of the molecule is CCCCn1c(N2CCN(c3ccccc3)CC2)c(/C=C2/SC(=S)N(C(C)C)C2=O)c(C)c(C#N)c1=O. The van der Waals surface area contributed by atoms with Crippen molar-refractivity contribution < 1.29 is 4.79 Å². The molecule has 1 amide bonds. The normalized spacial score (nSPS) is 17.3. The number of benzene rings is 1. The number of thiocarbonyl (C=S) groups is 1. The van der Waals surface area contributed by atoms with Gasteiger partial charge < -0.3 is 9.80 Å². The molecule has 1 aromatic heterocycles. The van der Waals surface area contributed by atoms with E-state index in [9.17, 15) is 14.9 Å². The number of hydrogen-bond donors (Lipinski definition) is 0. The number of pyridine rings is 1. The fourth-order valence-electron chi connectivity index (χ4n) is 4.88. The number of aromatic nitrogens is 1. The quantitative estimate of drug-likeness (QED) is 0.374. The van der Waals surface area contributed by atoms with Crippen LogP contribution in [0.3, 0.4) is 0 Å². The number of thioether (sulfide) groups is 1. The predicted molar refractivity (Wildman–Crippen MR) is 156 cm³/mol. The number of rotatable bonds is 7. The van der Waals surface area contributed by atoms with Gasteiger partial charge in [-0.25, -0.2) is 0 Å². The third-order valence-electron chi connectivity index (χ3n) is 6.90. The second kappa shape index (κ2) is 11.5. The van der Waals surface area contributed by atoms with E-state index in [1.54, 1.807) is 9.47 Å². The van der Waals surface area contributed by atoms with Crippen LogP contribution in [-0.4, -0.2) is 51.9 Å². The highest BCUT2D eigenvalue weighted by molar-refractivity contribution is 8.26. The van der Waals surface area contributed by atoms with Crippen molar-refractivity contribution in [3.05, 3.63) is 62.3 Å². The zero-order valence-electron chi connectivity index (χ0n) is 21.9. The van der Waals surface area contributed by atoms with Crippen LogP contribution in [0.4, 0.5) is 11.5 Å². The molecule has 2 aliphatic rings. The summed E-state index contributed by atoms with van der Waals surface area (Å²) in [5.74, 6) is 0.659. The maximum absolute atomic E-state index is 13.5. The minimum atomic E-state index is -0.263. The summed E-state index contributed by atoms with van der Waals surface area (Å²) in [4.78, 5) is 33.5. The van der Waals surface area contributed by atoms with Crippen molar-refractivity contribution in [3.63, 3.8) is 0 Å². The summed E-state index contributed by atoms with van der Waals surface area (Å²) in [6.07, 6.45) is 3.59. The molecule has 2 fully saturated rings. The summed E-state index contributed by atoms with van der Waals surface area (Å²) >= 11 is 6.77. The summed E-state index contributed by atoms with van der Waals surface area (Å²) in [7, 11) is 0. The Morgan fingerprint density at radius 2 is 1.76 bits per heavy atom. The van der Waals surface area contributed by atoms with E-state index in [1.807, 2.05) is 45.0 Å². The number of carbonyl (C=O) groups is 1. The molecule has 7 nitrogen and oxygen atoms in total. The van der Waals surface area contributed by atoms with Gasteiger partial charge in [0.25, 0.3) is 11.5 Å². The molecule has 9 heteroatoms. The van der Waals surface area contributed by atoms with E-state index in [-0.39, 0.29) is 23.1 Å². The molecule has 0 bridgehead atoms. The summed E-state index contributed by atoms with van der Waals surface area (Å²) in [6.45, 7) is 11.3. The second-order valence-corrected chi connectivity index (χ2v) is 11.3. The van der Waals surface area contributed by atoms with E-state index in [2.05, 4.69) is 34.9 Å². The zero-order valence-corrected chi connectivity index (χ0v) is 23.5. The van der Waals surface area contributed by atoms with Gasteiger partial charge in [-0.2, -0.15) is 5.26 Å². The number of unbranched alkanes of at least 4 members (excludes halogenated alkanes) is 1. The van der Waals surface area contributed by atoms with Gasteiger partial charge in [0, 0.05) is 50.0 Å². The topological polar surface area (TPSA) is 72.6 Å². The van der Waals surface area contributed by atoms with Crippen molar-refractivity contribution in [2.24, 2.45) is 0 Å². The van der Waals surface area contributed by atoms with Crippen LogP contribution in [0.5, 0.6) is 0 Å². The van der Waals surface area contributed by atoms with Gasteiger partial charge in [-0.05, 0) is 51.0 Å². The molecule has 194 valence electrons. The van der Waals surface area contributed by atoms with Crippen molar-refractivity contribution in [1.29, 1.82) is 5.26 Å². The van der Waals surface area contributed by atoms with Gasteiger partial charge >= 0.3 is 0 Å². The molecule has 0 spiro atoms. The lowest BCUT2D eigenvalue weighted by atomic mass is 10.0. The monoisotopic (exact) mass is 535 g/mol. The number of para-hydroxylation sites is 1. The van der Waals surface area contributed by atoms with Crippen molar-refractivity contribution in [2.45, 2.75) is 53.1 Å². The number of nitrogens with zero attached hydrogens (tertiary/aromatic N) is 5. The van der Waals surface area contributed by atoms with Gasteiger partial charge in [-0.15, -0.1) is 0 Å². The van der Waals surface area contributed by atoms with Crippen molar-refractivity contribution >= 4 is 51.8 Å². The van der Waals surface area contributed by atoms with E-state index < -0.39 is 0 Å². The zero-order chi connectivity index (χ0) is 26.7. The molecule has 37 heavy (non-hydrogen) atoms. The molecular weight excluding hydrogens is 502 g/mol. The van der Waals surface area contributed by atoms with Gasteiger partial charge in [0.15, 0.2) is 0 Å². The van der Waals surface area contributed by atoms with E-state index in [0.717, 1.165) is 50.4 Å². The van der Waals surface area contributed by atoms with Gasteiger partial charge in [-0.1, -0.05) is 55.5 Å². The lowest BCUT2D eigenvalue weighted by Crippen LogP contribution is -2.48. The minimum absolute atomic E-state index is 0.0433. The molecule has 2 aliphatic heterocycles. The summed E-state index contributed by atoms with van der Waals surface area (Å²) in [5, 5.41) is 9.90. The first kappa shape index (κ1) is 27.0. The number of anilines is 2. The molecule has 3 heterocycles. The van der Waals surface area contributed by atoms with Gasteiger partial charge in [0.1, 0.15) is 21.8 Å². The molecule has 0 saturated carbocycles. The molecule has 1 aromatic carbocycles. The van der Waals surface area contributed by atoms with Crippen LogP contribution >= 0.6 is 24.0 Å². The Kier molecular flexibility index (Phi) is 8.40. The fraction of sp³-hybridized carbons (Fsp3) is 0.429. The second-order valence-electron chi connectivity index (χ2n) is 9.61. The molecule has 0 atom stereocenters. The summed E-state index contributed by atoms with van der Waals surface area (Å²) in [5.41, 5.74) is 2.41. The number of amides is 1. The third-order valence-corrected chi connectivity index (χ3v) is 8.23. The van der Waals surface area contributed by atoms with Crippen LogP contribution in [-0.2, 0) is 11.3 Å². The molecule has 4 rings (SSSR count). The third kappa shape index (κ3) is 5.32. The molecule has 0 N–H and O–H groups in total. The van der Waals surface area contributed by atoms with E-state index in [1.165, 1.54) is 17.4 Å². The van der Waals surface area contributed by atoms with Crippen LogP contribution in [0.1, 0.15) is 50.3 Å². The predicted octanol–water partition coefficient (Wildman–Crippen LogP) is 4.76. The first-order chi connectivity index (χ1) is 17.8. The lowest BCUT2D eigenvalue weighted by molar-refractivity contribution is -0.123. The number of hydrogen-bond acceptors (Lipinski definition) is 7. The Labute approximate surface area is 228 Å². The molecule has 2 saturated heterocycles. The first-order valence-corrected chi connectivity index (χ1v) is 14.0. The molecular formula is C28H33N5O2S2. The minimum Gasteiger partial charge on any atom is -0.368 e. The Bertz CT molecular complexity index is 1320. The number of nitriles is 1. The van der Waals surface area contributed by atoms with Crippen LogP contribution in [0, 0.1) is 18.3 Å². The summed E-state index contributed by atoms with van der Waals surface area (Å²) < 4.78 is 2.28. The Morgan fingerprint density at radius 3 is 2.32 bits per heavy atom. The van der Waals surface area contributed by atoms with Crippen LogP contribution in [0.2, 0.25) is 0 Å². The largest absolute Gasteiger partial charge is 0.368 e. The smallest absolute Gasteiger partial charge is 0.270 e. The molecule has 0 aliphatic carbocycles. The van der Waals surface area contributed by atoms with E-state index >= 15 is 0 Å².